The molecule has 1 fully saturated rings. The van der Waals surface area contributed by atoms with Gasteiger partial charge in [0.05, 0.1) is 12.1 Å². The average molecular weight is 419 g/mol. The summed E-state index contributed by atoms with van der Waals surface area (Å²) in [6.45, 7) is 4.79. The third-order valence-electron chi connectivity index (χ3n) is 5.39. The number of hydrogen-bond acceptors (Lipinski definition) is 3. The van der Waals surface area contributed by atoms with Crippen LogP contribution < -0.4 is 10.2 Å². The topological polar surface area (TPSA) is 35.6 Å². The predicted molar refractivity (Wildman–Crippen MR) is 112 cm³/mol. The van der Waals surface area contributed by atoms with E-state index in [2.05, 4.69) is 17.4 Å². The largest absolute Gasteiger partial charge is 0.416 e. The molecular formula is C23H28F3N3O. The highest BCUT2D eigenvalue weighted by atomic mass is 19.4. The Balaban J connectivity index is 1.41. The zero-order chi connectivity index (χ0) is 21.6. The lowest BCUT2D eigenvalue weighted by molar-refractivity contribution is -0.137. The second kappa shape index (κ2) is 9.98. The number of benzene rings is 2. The summed E-state index contributed by atoms with van der Waals surface area (Å²) in [5.74, 6) is -0.0110. The maximum atomic E-state index is 12.9. The Morgan fingerprint density at radius 1 is 1.03 bits per heavy atom. The van der Waals surface area contributed by atoms with Crippen molar-refractivity contribution in [3.8, 4) is 0 Å². The molecule has 1 amide bonds. The number of carbonyl (C=O) groups is 1. The van der Waals surface area contributed by atoms with Crippen LogP contribution in [0.5, 0.6) is 0 Å². The Labute approximate surface area is 175 Å². The molecule has 1 atom stereocenters. The molecule has 0 aromatic heterocycles. The van der Waals surface area contributed by atoms with Crippen molar-refractivity contribution in [3.63, 3.8) is 0 Å². The lowest BCUT2D eigenvalue weighted by Gasteiger charge is -2.36. The fourth-order valence-corrected chi connectivity index (χ4v) is 3.67. The van der Waals surface area contributed by atoms with Gasteiger partial charge in [-0.2, -0.15) is 13.2 Å². The molecule has 3 rings (SSSR count). The number of nitrogens with one attached hydrogen (secondary N) is 1. The van der Waals surface area contributed by atoms with E-state index in [9.17, 15) is 18.0 Å². The summed E-state index contributed by atoms with van der Waals surface area (Å²) in [5.41, 5.74) is 1.19. The molecular weight excluding hydrogens is 391 g/mol. The first-order valence-electron chi connectivity index (χ1n) is 10.3. The van der Waals surface area contributed by atoms with Gasteiger partial charge >= 0.3 is 6.18 Å². The number of hydrogen-bond donors (Lipinski definition) is 1. The summed E-state index contributed by atoms with van der Waals surface area (Å²) in [5, 5.41) is 3.05. The molecule has 0 spiro atoms. The van der Waals surface area contributed by atoms with E-state index in [1.54, 1.807) is 6.07 Å². The normalized spacial score (nSPS) is 16.3. The van der Waals surface area contributed by atoms with Crippen molar-refractivity contribution >= 4 is 11.6 Å². The molecule has 0 radical (unpaired) electrons. The van der Waals surface area contributed by atoms with Crippen molar-refractivity contribution in [1.82, 2.24) is 10.2 Å². The van der Waals surface area contributed by atoms with Crippen LogP contribution in [0, 0.1) is 0 Å². The van der Waals surface area contributed by atoms with Crippen LogP contribution in [0.1, 0.15) is 24.5 Å². The van der Waals surface area contributed by atoms with Crippen LogP contribution in [0.15, 0.2) is 54.6 Å². The molecule has 30 heavy (non-hydrogen) atoms. The Kier molecular flexibility index (Phi) is 7.37. The number of halogens is 3. The van der Waals surface area contributed by atoms with E-state index in [0.717, 1.165) is 18.9 Å². The van der Waals surface area contributed by atoms with Crippen molar-refractivity contribution in [2.24, 2.45) is 0 Å². The van der Waals surface area contributed by atoms with Crippen molar-refractivity contribution in [1.29, 1.82) is 0 Å². The Hall–Kier alpha value is -2.54. The van der Waals surface area contributed by atoms with Crippen LogP contribution in [0.4, 0.5) is 18.9 Å². The molecule has 162 valence electrons. The molecule has 0 unspecified atom stereocenters. The molecule has 4 nitrogen and oxygen atoms in total. The van der Waals surface area contributed by atoms with Crippen LogP contribution >= 0.6 is 0 Å². The highest BCUT2D eigenvalue weighted by molar-refractivity contribution is 5.78. The number of anilines is 1. The summed E-state index contributed by atoms with van der Waals surface area (Å²) in [4.78, 5) is 16.3. The minimum atomic E-state index is -4.34. The highest BCUT2D eigenvalue weighted by Crippen LogP contribution is 2.31. The van der Waals surface area contributed by atoms with Gasteiger partial charge in [0.25, 0.3) is 0 Å². The standard InChI is InChI=1S/C23H28F3N3O/c1-18(10-11-19-6-3-2-4-7-19)27-22(30)17-28-12-14-29(15-13-28)21-9-5-8-20(16-21)23(24,25)26/h2-9,16,18H,10-15,17H2,1H3,(H,27,30)/t18-/m1/s1. The maximum absolute atomic E-state index is 12.9. The van der Waals surface area contributed by atoms with Crippen LogP contribution in [0.2, 0.25) is 0 Å². The van der Waals surface area contributed by atoms with Crippen LogP contribution in [0.3, 0.4) is 0 Å². The first-order chi connectivity index (χ1) is 14.3. The fourth-order valence-electron chi connectivity index (χ4n) is 3.67. The minimum Gasteiger partial charge on any atom is -0.369 e. The summed E-state index contributed by atoms with van der Waals surface area (Å²) in [7, 11) is 0. The first-order valence-corrected chi connectivity index (χ1v) is 10.3. The number of alkyl halides is 3. The number of piperazine rings is 1. The van der Waals surface area contributed by atoms with Crippen molar-refractivity contribution in [2.45, 2.75) is 32.0 Å². The zero-order valence-electron chi connectivity index (χ0n) is 17.2. The molecule has 1 heterocycles. The van der Waals surface area contributed by atoms with Gasteiger partial charge < -0.3 is 10.2 Å². The summed E-state index contributed by atoms with van der Waals surface area (Å²) >= 11 is 0. The second-order valence-electron chi connectivity index (χ2n) is 7.80. The molecule has 0 aliphatic carbocycles. The van der Waals surface area contributed by atoms with E-state index in [0.29, 0.717) is 38.4 Å². The number of nitrogens with zero attached hydrogens (tertiary/aromatic N) is 2. The van der Waals surface area contributed by atoms with Crippen LogP contribution in [0.25, 0.3) is 0 Å². The van der Waals surface area contributed by atoms with Gasteiger partial charge in [0.2, 0.25) is 5.91 Å². The summed E-state index contributed by atoms with van der Waals surface area (Å²) in [6.07, 6.45) is -2.55. The minimum absolute atomic E-state index is 0.0110. The number of carbonyl (C=O) groups excluding carboxylic acids is 1. The van der Waals surface area contributed by atoms with Crippen molar-refractivity contribution < 1.29 is 18.0 Å². The number of rotatable bonds is 7. The number of aryl methyl sites for hydroxylation is 1. The van der Waals surface area contributed by atoms with E-state index in [1.165, 1.54) is 17.7 Å². The molecule has 1 aliphatic rings. The van der Waals surface area contributed by atoms with E-state index in [-0.39, 0.29) is 11.9 Å². The van der Waals surface area contributed by atoms with Gasteiger partial charge in [-0.25, -0.2) is 0 Å². The zero-order valence-corrected chi connectivity index (χ0v) is 17.2. The molecule has 7 heteroatoms. The summed E-state index contributed by atoms with van der Waals surface area (Å²) in [6, 6.07) is 15.7. The molecule has 1 aliphatic heterocycles. The summed E-state index contributed by atoms with van der Waals surface area (Å²) < 4.78 is 38.8. The van der Waals surface area contributed by atoms with Gasteiger partial charge in [-0.3, -0.25) is 9.69 Å². The van der Waals surface area contributed by atoms with Gasteiger partial charge in [0.15, 0.2) is 0 Å². The number of amides is 1. The third-order valence-corrected chi connectivity index (χ3v) is 5.39. The Bertz CT molecular complexity index is 818. The van der Waals surface area contributed by atoms with Crippen molar-refractivity contribution in [2.75, 3.05) is 37.6 Å². The van der Waals surface area contributed by atoms with Crippen LogP contribution in [-0.2, 0) is 17.4 Å². The smallest absolute Gasteiger partial charge is 0.369 e. The third kappa shape index (κ3) is 6.49. The molecule has 1 N–H and O–H groups in total. The van der Waals surface area contributed by atoms with E-state index in [4.69, 9.17) is 0 Å². The molecule has 0 saturated carbocycles. The quantitative estimate of drug-likeness (QED) is 0.738. The Morgan fingerprint density at radius 3 is 2.40 bits per heavy atom. The van der Waals surface area contributed by atoms with Gasteiger partial charge in [-0.05, 0) is 43.5 Å². The van der Waals surface area contributed by atoms with Gasteiger partial charge in [-0.1, -0.05) is 36.4 Å². The molecule has 0 bridgehead atoms. The second-order valence-corrected chi connectivity index (χ2v) is 7.80. The SMILES string of the molecule is C[C@H](CCc1ccccc1)NC(=O)CN1CCN(c2cccc(C(F)(F)F)c2)CC1. The van der Waals surface area contributed by atoms with Crippen molar-refractivity contribution in [3.05, 3.63) is 65.7 Å². The van der Waals surface area contributed by atoms with E-state index < -0.39 is 11.7 Å². The Morgan fingerprint density at radius 2 is 1.73 bits per heavy atom. The molecule has 2 aromatic carbocycles. The lowest BCUT2D eigenvalue weighted by Crippen LogP contribution is -2.50. The monoisotopic (exact) mass is 419 g/mol. The lowest BCUT2D eigenvalue weighted by atomic mass is 10.1. The fraction of sp³-hybridized carbons (Fsp3) is 0.435. The molecule has 1 saturated heterocycles. The van der Waals surface area contributed by atoms with Gasteiger partial charge in [-0.15, -0.1) is 0 Å². The first kappa shape index (κ1) is 22.2. The maximum Gasteiger partial charge on any atom is 0.416 e. The van der Waals surface area contributed by atoms with Gasteiger partial charge in [0, 0.05) is 37.9 Å². The van der Waals surface area contributed by atoms with E-state index in [1.807, 2.05) is 34.9 Å². The molecule has 2 aromatic rings. The highest BCUT2D eigenvalue weighted by Gasteiger charge is 2.31. The average Bonchev–Trinajstić information content (AvgIpc) is 2.73. The van der Waals surface area contributed by atoms with E-state index >= 15 is 0 Å². The predicted octanol–water partition coefficient (Wildman–Crippen LogP) is 3.96. The van der Waals surface area contributed by atoms with Gasteiger partial charge in [0.1, 0.15) is 0 Å². The van der Waals surface area contributed by atoms with Crippen LogP contribution in [-0.4, -0.2) is 49.6 Å².